The van der Waals surface area contributed by atoms with E-state index in [9.17, 15) is 9.59 Å². The van der Waals surface area contributed by atoms with Crippen LogP contribution in [0, 0.1) is 0 Å². The van der Waals surface area contributed by atoms with Crippen molar-refractivity contribution in [1.29, 1.82) is 0 Å². The van der Waals surface area contributed by atoms with Gasteiger partial charge in [0, 0.05) is 16.9 Å². The van der Waals surface area contributed by atoms with Crippen molar-refractivity contribution in [3.8, 4) is 0 Å². The highest BCUT2D eigenvalue weighted by Crippen LogP contribution is 2.20. The monoisotopic (exact) mass is 392 g/mol. The van der Waals surface area contributed by atoms with Gasteiger partial charge in [-0.25, -0.2) is 0 Å². The SMILES string of the molecule is CCOC(=O)CC(NC(=O)CC(C)N)c1ccc(Br)cc1.Cl. The molecule has 0 fully saturated rings. The molecule has 7 heteroatoms. The number of benzene rings is 1. The fourth-order valence-electron chi connectivity index (χ4n) is 1.88. The maximum atomic E-state index is 11.9. The van der Waals surface area contributed by atoms with E-state index in [2.05, 4.69) is 21.2 Å². The molecule has 2 unspecified atom stereocenters. The number of nitrogens with two attached hydrogens (primary N) is 1. The van der Waals surface area contributed by atoms with Crippen molar-refractivity contribution in [2.45, 2.75) is 38.8 Å². The molecule has 0 aliphatic heterocycles. The molecular formula is C15H22BrClN2O3. The molecule has 0 bridgehead atoms. The molecule has 124 valence electrons. The highest BCUT2D eigenvalue weighted by molar-refractivity contribution is 9.10. The van der Waals surface area contributed by atoms with E-state index in [1.807, 2.05) is 24.3 Å². The standard InChI is InChI=1S/C15H21BrN2O3.ClH/c1-3-21-15(20)9-13(18-14(19)8-10(2)17)11-4-6-12(16)7-5-11;/h4-7,10,13H,3,8-9,17H2,1-2H3,(H,18,19);1H. The summed E-state index contributed by atoms with van der Waals surface area (Å²) in [6.45, 7) is 3.83. The number of nitrogens with one attached hydrogen (secondary N) is 1. The van der Waals surface area contributed by atoms with Crippen LogP contribution in [-0.2, 0) is 14.3 Å². The van der Waals surface area contributed by atoms with E-state index in [0.29, 0.717) is 6.61 Å². The molecule has 1 aromatic carbocycles. The molecule has 0 saturated carbocycles. The van der Waals surface area contributed by atoms with Crippen LogP contribution in [0.5, 0.6) is 0 Å². The van der Waals surface area contributed by atoms with E-state index < -0.39 is 6.04 Å². The lowest BCUT2D eigenvalue weighted by Crippen LogP contribution is -2.34. The minimum Gasteiger partial charge on any atom is -0.466 e. The Kier molecular flexibility index (Phi) is 10.1. The second kappa shape index (κ2) is 10.6. The van der Waals surface area contributed by atoms with Crippen LogP contribution in [0.15, 0.2) is 28.7 Å². The summed E-state index contributed by atoms with van der Waals surface area (Å²) in [7, 11) is 0. The number of carbonyl (C=O) groups is 2. The van der Waals surface area contributed by atoms with Crippen LogP contribution in [0.3, 0.4) is 0 Å². The summed E-state index contributed by atoms with van der Waals surface area (Å²) < 4.78 is 5.89. The topological polar surface area (TPSA) is 81.4 Å². The number of hydrogen-bond acceptors (Lipinski definition) is 4. The number of halogens is 2. The first kappa shape index (κ1) is 20.9. The molecule has 0 aliphatic carbocycles. The highest BCUT2D eigenvalue weighted by Gasteiger charge is 2.19. The molecule has 0 radical (unpaired) electrons. The molecule has 0 spiro atoms. The first-order chi connectivity index (χ1) is 9.92. The number of esters is 1. The minimum atomic E-state index is -0.414. The molecule has 0 saturated heterocycles. The van der Waals surface area contributed by atoms with Crippen molar-refractivity contribution >= 4 is 40.2 Å². The van der Waals surface area contributed by atoms with E-state index in [0.717, 1.165) is 10.0 Å². The molecule has 1 rings (SSSR count). The summed E-state index contributed by atoms with van der Waals surface area (Å²) in [6, 6.07) is 6.82. The Morgan fingerprint density at radius 3 is 2.36 bits per heavy atom. The molecule has 22 heavy (non-hydrogen) atoms. The molecule has 1 amide bonds. The second-order valence-electron chi connectivity index (χ2n) is 4.86. The molecule has 3 N–H and O–H groups in total. The van der Waals surface area contributed by atoms with Gasteiger partial charge < -0.3 is 15.8 Å². The van der Waals surface area contributed by atoms with Crippen molar-refractivity contribution in [1.82, 2.24) is 5.32 Å². The number of ether oxygens (including phenoxy) is 1. The fraction of sp³-hybridized carbons (Fsp3) is 0.467. The molecule has 1 aromatic rings. The Labute approximate surface area is 145 Å². The number of hydrogen-bond donors (Lipinski definition) is 2. The number of carbonyl (C=O) groups excluding carboxylic acids is 2. The average molecular weight is 394 g/mol. The van der Waals surface area contributed by atoms with Gasteiger partial charge in [0.2, 0.25) is 5.91 Å². The maximum absolute atomic E-state index is 11.9. The third-order valence-corrected chi connectivity index (χ3v) is 3.32. The summed E-state index contributed by atoms with van der Waals surface area (Å²) in [6.07, 6.45) is 0.315. The third-order valence-electron chi connectivity index (χ3n) is 2.79. The van der Waals surface area contributed by atoms with Crippen molar-refractivity contribution in [3.05, 3.63) is 34.3 Å². The zero-order chi connectivity index (χ0) is 15.8. The number of amides is 1. The maximum Gasteiger partial charge on any atom is 0.308 e. The Morgan fingerprint density at radius 2 is 1.86 bits per heavy atom. The normalized spacial score (nSPS) is 12.7. The largest absolute Gasteiger partial charge is 0.466 e. The van der Waals surface area contributed by atoms with Crippen LogP contribution in [0.1, 0.15) is 38.3 Å². The van der Waals surface area contributed by atoms with Gasteiger partial charge in [0.05, 0.1) is 19.1 Å². The first-order valence-corrected chi connectivity index (χ1v) is 7.67. The smallest absolute Gasteiger partial charge is 0.308 e. The predicted octanol–water partition coefficient (Wildman–Crippen LogP) is 2.72. The lowest BCUT2D eigenvalue weighted by Gasteiger charge is -2.19. The Morgan fingerprint density at radius 1 is 1.27 bits per heavy atom. The van der Waals surface area contributed by atoms with Crippen LogP contribution < -0.4 is 11.1 Å². The Bertz CT molecular complexity index is 480. The van der Waals surface area contributed by atoms with Crippen LogP contribution >= 0.6 is 28.3 Å². The van der Waals surface area contributed by atoms with Gasteiger partial charge in [-0.05, 0) is 31.5 Å². The summed E-state index contributed by atoms with van der Waals surface area (Å²) in [5, 5.41) is 2.84. The van der Waals surface area contributed by atoms with Gasteiger partial charge in [0.1, 0.15) is 0 Å². The van der Waals surface area contributed by atoms with Crippen LogP contribution in [0.2, 0.25) is 0 Å². The van der Waals surface area contributed by atoms with Gasteiger partial charge in [0.15, 0.2) is 0 Å². The zero-order valence-corrected chi connectivity index (χ0v) is 15.1. The first-order valence-electron chi connectivity index (χ1n) is 6.88. The van der Waals surface area contributed by atoms with Crippen molar-refractivity contribution in [2.24, 2.45) is 5.73 Å². The van der Waals surface area contributed by atoms with E-state index in [-0.39, 0.29) is 43.2 Å². The molecule has 0 aliphatic rings. The van der Waals surface area contributed by atoms with E-state index in [4.69, 9.17) is 10.5 Å². The molecular weight excluding hydrogens is 372 g/mol. The lowest BCUT2D eigenvalue weighted by atomic mass is 10.0. The molecule has 0 heterocycles. The van der Waals surface area contributed by atoms with Gasteiger partial charge in [-0.3, -0.25) is 9.59 Å². The van der Waals surface area contributed by atoms with Crippen molar-refractivity contribution in [3.63, 3.8) is 0 Å². The van der Waals surface area contributed by atoms with Gasteiger partial charge in [-0.1, -0.05) is 28.1 Å². The van der Waals surface area contributed by atoms with Gasteiger partial charge in [-0.15, -0.1) is 12.4 Å². The van der Waals surface area contributed by atoms with Crippen LogP contribution in [0.4, 0.5) is 0 Å². The summed E-state index contributed by atoms with van der Waals surface area (Å²) in [5.41, 5.74) is 6.47. The van der Waals surface area contributed by atoms with Gasteiger partial charge in [-0.2, -0.15) is 0 Å². The van der Waals surface area contributed by atoms with Crippen molar-refractivity contribution < 1.29 is 14.3 Å². The van der Waals surface area contributed by atoms with Crippen LogP contribution in [0.25, 0.3) is 0 Å². The van der Waals surface area contributed by atoms with Crippen LogP contribution in [-0.4, -0.2) is 24.5 Å². The predicted molar refractivity (Wildman–Crippen MR) is 91.8 cm³/mol. The summed E-state index contributed by atoms with van der Waals surface area (Å²) in [4.78, 5) is 23.6. The summed E-state index contributed by atoms with van der Waals surface area (Å²) in [5.74, 6) is -0.520. The van der Waals surface area contributed by atoms with Crippen molar-refractivity contribution in [2.75, 3.05) is 6.61 Å². The fourth-order valence-corrected chi connectivity index (χ4v) is 2.14. The highest BCUT2D eigenvalue weighted by atomic mass is 79.9. The Hall–Kier alpha value is -1.11. The average Bonchev–Trinajstić information content (AvgIpc) is 2.38. The molecule has 0 aromatic heterocycles. The molecule has 2 atom stereocenters. The second-order valence-corrected chi connectivity index (χ2v) is 5.78. The van der Waals surface area contributed by atoms with Gasteiger partial charge in [0.25, 0.3) is 0 Å². The van der Waals surface area contributed by atoms with E-state index >= 15 is 0 Å². The minimum absolute atomic E-state index is 0. The number of rotatable bonds is 7. The summed E-state index contributed by atoms with van der Waals surface area (Å²) >= 11 is 3.36. The zero-order valence-electron chi connectivity index (χ0n) is 12.7. The Balaban J connectivity index is 0.00000441. The molecule has 5 nitrogen and oxygen atoms in total. The van der Waals surface area contributed by atoms with E-state index in [1.165, 1.54) is 0 Å². The quantitative estimate of drug-likeness (QED) is 0.698. The van der Waals surface area contributed by atoms with Gasteiger partial charge >= 0.3 is 5.97 Å². The van der Waals surface area contributed by atoms with E-state index in [1.54, 1.807) is 13.8 Å². The third kappa shape index (κ3) is 7.77. The lowest BCUT2D eigenvalue weighted by molar-refractivity contribution is -0.143.